The third-order valence-electron chi connectivity index (χ3n) is 14.7. The van der Waals surface area contributed by atoms with Crippen molar-refractivity contribution in [2.24, 2.45) is 17.2 Å². The van der Waals surface area contributed by atoms with Crippen molar-refractivity contribution < 1.29 is 59.9 Å². The number of imidazole rings is 1. The average molecular weight is 1100 g/mol. The first kappa shape index (κ1) is 56.2. The SMILES string of the molecule is N=S(=O)(CCC(c1cc(OC(=O)[C@@H](N)CCS(=N)(=O)CCC2(c3ccc4[nH]c(OC(=O)[C@@H](N)CCS(=N)(=O)CCC5(c6ccc7c(c6)NNN7)CCC5)nc4c3)CCC2)ccc1O)C(F)(F)F)CC[C@H](N)C(=O)O. The fourth-order valence-corrected chi connectivity index (χ4v) is 14.1. The number of halogens is 3. The number of phenols is 1. The number of carbonyl (C=O) groups is 3. The lowest BCUT2D eigenvalue weighted by molar-refractivity contribution is -0.151. The Labute approximate surface area is 426 Å². The van der Waals surface area contributed by atoms with Gasteiger partial charge in [-0.2, -0.15) is 18.2 Å². The van der Waals surface area contributed by atoms with Crippen LogP contribution in [0.2, 0.25) is 0 Å². The topological polar surface area (TPSA) is 376 Å². The number of rotatable bonds is 26. The summed E-state index contributed by atoms with van der Waals surface area (Å²) in [5.41, 5.74) is 30.2. The van der Waals surface area contributed by atoms with Crippen LogP contribution in [0, 0.1) is 14.3 Å². The van der Waals surface area contributed by atoms with Crippen molar-refractivity contribution >= 4 is 69.5 Å². The number of anilines is 2. The summed E-state index contributed by atoms with van der Waals surface area (Å²) in [6.07, 6.45) is -0.412. The first-order chi connectivity index (χ1) is 34.7. The zero-order valence-corrected chi connectivity index (χ0v) is 42.9. The number of hydrogen-bond acceptors (Lipinski definition) is 19. The molecular formula is C47H64F3N11O10S3. The number of nitrogens with two attached hydrogens (primary N) is 3. The zero-order chi connectivity index (χ0) is 53.9. The minimum absolute atomic E-state index is 0.0208. The lowest BCUT2D eigenvalue weighted by Gasteiger charge is -2.43. The molecule has 3 aliphatic rings. The Hall–Kier alpha value is -5.58. The quantitative estimate of drug-likeness (QED) is 0.0262. The maximum atomic E-state index is 14.3. The molecule has 27 heteroatoms. The minimum atomic E-state index is -5.00. The molecule has 3 aromatic carbocycles. The minimum Gasteiger partial charge on any atom is -0.508 e. The molecule has 21 nitrogen and oxygen atoms in total. The smallest absolute Gasteiger partial charge is 0.395 e. The van der Waals surface area contributed by atoms with Crippen LogP contribution >= 0.6 is 0 Å². The van der Waals surface area contributed by atoms with Crippen LogP contribution in [0.3, 0.4) is 0 Å². The van der Waals surface area contributed by atoms with Crippen molar-refractivity contribution in [2.45, 2.75) is 118 Å². The summed E-state index contributed by atoms with van der Waals surface area (Å²) in [5, 5.41) is 19.3. The fraction of sp³-hybridized carbons (Fsp3) is 0.532. The maximum Gasteiger partial charge on any atom is 0.395 e. The lowest BCUT2D eigenvalue weighted by Crippen LogP contribution is -2.38. The lowest BCUT2D eigenvalue weighted by atomic mass is 9.63. The third-order valence-corrected chi connectivity index (χ3v) is 20.0. The number of phenolic OH excluding ortho intramolecular Hbond substituents is 1. The number of aromatic hydroxyl groups is 1. The van der Waals surface area contributed by atoms with Crippen molar-refractivity contribution in [1.82, 2.24) is 15.5 Å². The molecule has 0 amide bonds. The van der Waals surface area contributed by atoms with Crippen LogP contribution in [0.5, 0.6) is 17.5 Å². The summed E-state index contributed by atoms with van der Waals surface area (Å²) in [4.78, 5) is 44.5. The normalized spacial score (nSPS) is 19.8. The molecule has 0 spiro atoms. The number of H-pyrrole nitrogens is 1. The molecule has 74 heavy (non-hydrogen) atoms. The van der Waals surface area contributed by atoms with Crippen molar-refractivity contribution in [1.29, 1.82) is 14.3 Å². The van der Waals surface area contributed by atoms with Gasteiger partial charge in [-0.15, -0.1) is 5.53 Å². The molecule has 7 atom stereocenters. The summed E-state index contributed by atoms with van der Waals surface area (Å²) >= 11 is 0. The van der Waals surface area contributed by atoms with E-state index in [-0.39, 0.29) is 47.3 Å². The molecule has 0 bridgehead atoms. The highest BCUT2D eigenvalue weighted by Gasteiger charge is 2.43. The number of carbonyl (C=O) groups excluding carboxylic acids is 2. The summed E-state index contributed by atoms with van der Waals surface area (Å²) in [6.45, 7) is 0. The Morgan fingerprint density at radius 3 is 1.76 bits per heavy atom. The van der Waals surface area contributed by atoms with E-state index in [0.29, 0.717) is 23.9 Å². The van der Waals surface area contributed by atoms with E-state index in [9.17, 15) is 45.3 Å². The predicted molar refractivity (Wildman–Crippen MR) is 273 cm³/mol. The van der Waals surface area contributed by atoms with Gasteiger partial charge in [0.2, 0.25) is 0 Å². The fourth-order valence-electron chi connectivity index (χ4n) is 9.57. The van der Waals surface area contributed by atoms with Gasteiger partial charge in [0.1, 0.15) is 29.6 Å². The van der Waals surface area contributed by atoms with Crippen LogP contribution < -0.4 is 43.1 Å². The number of esters is 2. The molecule has 1 aromatic heterocycles. The van der Waals surface area contributed by atoms with E-state index in [0.717, 1.165) is 79.2 Å². The van der Waals surface area contributed by atoms with Gasteiger partial charge in [-0.05, 0) is 129 Å². The van der Waals surface area contributed by atoms with Crippen LogP contribution in [0.1, 0.15) is 99.7 Å². The van der Waals surface area contributed by atoms with Crippen molar-refractivity contribution in [2.75, 3.05) is 45.4 Å². The molecule has 2 aliphatic carbocycles. The number of nitrogens with zero attached hydrogens (tertiary/aromatic N) is 1. The number of alkyl halides is 3. The Morgan fingerprint density at radius 1 is 0.689 bits per heavy atom. The number of nitrogens with one attached hydrogen (secondary N) is 7. The second kappa shape index (κ2) is 22.3. The van der Waals surface area contributed by atoms with E-state index in [2.05, 4.69) is 38.5 Å². The van der Waals surface area contributed by atoms with Crippen LogP contribution in [0.25, 0.3) is 11.0 Å². The predicted octanol–water partition coefficient (Wildman–Crippen LogP) is 5.77. The molecule has 2 fully saturated rings. The number of hydrogen-bond donors (Lipinski definition) is 12. The second-order valence-corrected chi connectivity index (χ2v) is 27.1. The highest BCUT2D eigenvalue weighted by atomic mass is 32.2. The van der Waals surface area contributed by atoms with Gasteiger partial charge in [0.15, 0.2) is 0 Å². The Bertz CT molecular complexity index is 3080. The summed E-state index contributed by atoms with van der Waals surface area (Å²) in [5.74, 6) is -8.57. The van der Waals surface area contributed by atoms with Crippen LogP contribution in [0.4, 0.5) is 24.5 Å². The van der Waals surface area contributed by atoms with Gasteiger partial charge in [0.25, 0.3) is 0 Å². The molecule has 406 valence electrons. The molecule has 4 aromatic rings. The second-order valence-electron chi connectivity index (χ2n) is 19.8. The van der Waals surface area contributed by atoms with E-state index in [1.54, 1.807) is 6.07 Å². The molecule has 0 radical (unpaired) electrons. The van der Waals surface area contributed by atoms with Gasteiger partial charge < -0.3 is 52.7 Å². The van der Waals surface area contributed by atoms with E-state index in [4.69, 9.17) is 46.1 Å². The highest BCUT2D eigenvalue weighted by Crippen LogP contribution is 2.49. The van der Waals surface area contributed by atoms with Gasteiger partial charge in [-0.1, -0.05) is 25.0 Å². The van der Waals surface area contributed by atoms with Gasteiger partial charge in [-0.3, -0.25) is 19.1 Å². The van der Waals surface area contributed by atoms with E-state index < -0.39 is 124 Å². The molecule has 4 unspecified atom stereocenters. The van der Waals surface area contributed by atoms with Crippen molar-refractivity contribution in [3.63, 3.8) is 0 Å². The molecule has 1 aliphatic heterocycles. The molecule has 7 rings (SSSR count). The first-order valence-electron chi connectivity index (χ1n) is 24.1. The molecular weight excluding hydrogens is 1030 g/mol. The van der Waals surface area contributed by atoms with Gasteiger partial charge in [0, 0.05) is 69.3 Å². The van der Waals surface area contributed by atoms with E-state index in [1.807, 2.05) is 18.2 Å². The largest absolute Gasteiger partial charge is 0.508 e. The number of carboxylic acid groups (broad SMARTS) is 1. The first-order valence-corrected chi connectivity index (χ1v) is 29.8. The number of aromatic amines is 1. The molecule has 2 heterocycles. The average Bonchev–Trinajstić information content (AvgIpc) is 3.95. The van der Waals surface area contributed by atoms with E-state index in [1.165, 1.54) is 0 Å². The number of fused-ring (bicyclic) bond motifs is 2. The monoisotopic (exact) mass is 1100 g/mol. The summed E-state index contributed by atoms with van der Waals surface area (Å²) in [6, 6.07) is 10.2. The van der Waals surface area contributed by atoms with Gasteiger partial charge in [-0.25, -0.2) is 22.2 Å². The van der Waals surface area contributed by atoms with Crippen molar-refractivity contribution in [3.8, 4) is 17.5 Å². The molecule has 0 saturated heterocycles. The van der Waals surface area contributed by atoms with Crippen molar-refractivity contribution in [3.05, 3.63) is 71.3 Å². The van der Waals surface area contributed by atoms with Gasteiger partial charge in [0.05, 0.1) is 28.3 Å². The number of aliphatic carboxylic acids is 1. The molecule has 15 N–H and O–H groups in total. The maximum absolute atomic E-state index is 14.3. The number of hydrazine groups is 2. The standard InChI is InChI=1S/C47H64F3N11O10S3/c48-47(49,50)32(9-19-72(54,67)20-10-33(51)41(63)64)31-27-30(5-8-40(31)62)70-42(65)34(52)11-21-73(55,68)23-17-45(13-1-14-45)28-3-6-36-38(25-28)58-44(57-36)71-43(66)35(53)12-22-74(56,69)24-18-46(15-2-16-46)29-4-7-37-39(26-29)60-61-59-37/h3-8,25-27,32-35,54-56,59-62H,1-2,9-24,51-53H2,(H,57,58)(H,63,64)/t32?,33-,34-,35-,72?,73?,74?/m0/s1. The number of carboxylic acids is 1. The summed E-state index contributed by atoms with van der Waals surface area (Å²) < 4.78 is 118. The Morgan fingerprint density at radius 2 is 1.20 bits per heavy atom. The summed E-state index contributed by atoms with van der Waals surface area (Å²) in [7, 11) is -10.1. The zero-order valence-electron chi connectivity index (χ0n) is 40.4. The van der Waals surface area contributed by atoms with Crippen LogP contribution in [-0.4, -0.2) is 110 Å². The highest BCUT2D eigenvalue weighted by molar-refractivity contribution is 7.92. The Kier molecular flexibility index (Phi) is 16.9. The number of ether oxygens (including phenoxy) is 2. The molecule has 2 saturated carbocycles. The van der Waals surface area contributed by atoms with Crippen LogP contribution in [0.15, 0.2) is 54.6 Å². The van der Waals surface area contributed by atoms with Crippen LogP contribution in [-0.2, 0) is 54.4 Å². The van der Waals surface area contributed by atoms with E-state index >= 15 is 0 Å². The Balaban J connectivity index is 0.882. The number of benzene rings is 3. The number of aromatic nitrogens is 2. The third kappa shape index (κ3) is 13.8. The van der Waals surface area contributed by atoms with Gasteiger partial charge >= 0.3 is 30.1 Å².